The van der Waals surface area contributed by atoms with Crippen molar-refractivity contribution >= 4 is 27.4 Å². The second-order valence-corrected chi connectivity index (χ2v) is 5.90. The first kappa shape index (κ1) is 13.5. The predicted octanol–water partition coefficient (Wildman–Crippen LogP) is 3.25. The molecule has 0 atom stereocenters. The summed E-state index contributed by atoms with van der Waals surface area (Å²) in [6, 6.07) is 6.43. The van der Waals surface area contributed by atoms with Crippen LogP contribution >= 0.6 is 15.9 Å². The Morgan fingerprint density at radius 2 is 1.90 bits per heavy atom. The maximum atomic E-state index is 4.50. The van der Waals surface area contributed by atoms with Crippen LogP contribution in [0.15, 0.2) is 22.9 Å². The van der Waals surface area contributed by atoms with Gasteiger partial charge in [-0.3, -0.25) is 0 Å². The molecule has 20 heavy (non-hydrogen) atoms. The van der Waals surface area contributed by atoms with E-state index in [2.05, 4.69) is 68.6 Å². The van der Waals surface area contributed by atoms with Crippen LogP contribution in [0.4, 0.5) is 11.5 Å². The molecule has 5 heteroatoms. The highest BCUT2D eigenvalue weighted by atomic mass is 79.9. The first-order valence-corrected chi connectivity index (χ1v) is 7.52. The minimum Gasteiger partial charge on any atom is -0.340 e. The number of anilines is 2. The minimum atomic E-state index is 0.644. The van der Waals surface area contributed by atoms with Crippen LogP contribution in [0.1, 0.15) is 22.4 Å². The molecule has 0 amide bonds. The van der Waals surface area contributed by atoms with E-state index in [-0.39, 0.29) is 0 Å². The molecule has 1 aromatic carbocycles. The van der Waals surface area contributed by atoms with Gasteiger partial charge in [0, 0.05) is 30.8 Å². The average molecular weight is 333 g/mol. The zero-order valence-corrected chi connectivity index (χ0v) is 13.2. The van der Waals surface area contributed by atoms with Crippen molar-refractivity contribution in [1.82, 2.24) is 15.3 Å². The van der Waals surface area contributed by atoms with Crippen molar-refractivity contribution < 1.29 is 0 Å². The molecule has 2 heterocycles. The third-order valence-corrected chi connectivity index (χ3v) is 3.74. The lowest BCUT2D eigenvalue weighted by Crippen LogP contribution is -2.26. The molecule has 0 saturated carbocycles. The van der Waals surface area contributed by atoms with Crippen molar-refractivity contribution in [3.05, 3.63) is 45.3 Å². The lowest BCUT2D eigenvalue weighted by molar-refractivity contribution is 0.626. The Kier molecular flexibility index (Phi) is 3.72. The summed E-state index contributed by atoms with van der Waals surface area (Å²) in [5.41, 5.74) is 5.84. The van der Waals surface area contributed by atoms with Gasteiger partial charge < -0.3 is 10.6 Å². The SMILES string of the molecule is Cc1cc(C)cc(Nc2nc(Br)nc3c2CNCC3)c1. The summed E-state index contributed by atoms with van der Waals surface area (Å²) in [6.07, 6.45) is 0.942. The zero-order chi connectivity index (χ0) is 14.1. The number of nitrogens with zero attached hydrogens (tertiary/aromatic N) is 2. The van der Waals surface area contributed by atoms with Gasteiger partial charge in [-0.25, -0.2) is 9.97 Å². The summed E-state index contributed by atoms with van der Waals surface area (Å²) in [7, 11) is 0. The van der Waals surface area contributed by atoms with Crippen LogP contribution in [0.25, 0.3) is 0 Å². The number of rotatable bonds is 2. The molecule has 2 N–H and O–H groups in total. The van der Waals surface area contributed by atoms with E-state index >= 15 is 0 Å². The molecule has 1 aliphatic heterocycles. The maximum Gasteiger partial charge on any atom is 0.198 e. The molecule has 0 unspecified atom stereocenters. The van der Waals surface area contributed by atoms with Crippen molar-refractivity contribution in [1.29, 1.82) is 0 Å². The Morgan fingerprint density at radius 1 is 1.15 bits per heavy atom. The van der Waals surface area contributed by atoms with Crippen LogP contribution in [-0.4, -0.2) is 16.5 Å². The standard InChI is InChI=1S/C15H17BrN4/c1-9-5-10(2)7-11(6-9)18-14-12-8-17-4-3-13(12)19-15(16)20-14/h5-7,17H,3-4,8H2,1-2H3,(H,18,19,20). The van der Waals surface area contributed by atoms with Crippen molar-refractivity contribution in [3.8, 4) is 0 Å². The summed E-state index contributed by atoms with van der Waals surface area (Å²) in [5.74, 6) is 0.888. The molecule has 2 aromatic rings. The first-order chi connectivity index (χ1) is 9.61. The van der Waals surface area contributed by atoms with Gasteiger partial charge >= 0.3 is 0 Å². The van der Waals surface area contributed by atoms with E-state index in [1.165, 1.54) is 16.7 Å². The van der Waals surface area contributed by atoms with Gasteiger partial charge in [-0.1, -0.05) is 6.07 Å². The zero-order valence-electron chi connectivity index (χ0n) is 11.6. The van der Waals surface area contributed by atoms with Crippen molar-refractivity contribution in [2.75, 3.05) is 11.9 Å². The number of halogens is 1. The largest absolute Gasteiger partial charge is 0.340 e. The molecule has 0 spiro atoms. The van der Waals surface area contributed by atoms with E-state index in [0.29, 0.717) is 4.73 Å². The van der Waals surface area contributed by atoms with Crippen LogP contribution in [0.2, 0.25) is 0 Å². The third kappa shape index (κ3) is 2.83. The molecule has 0 saturated heterocycles. The summed E-state index contributed by atoms with van der Waals surface area (Å²) in [6.45, 7) is 5.99. The van der Waals surface area contributed by atoms with Crippen molar-refractivity contribution in [2.24, 2.45) is 0 Å². The fraction of sp³-hybridized carbons (Fsp3) is 0.333. The Bertz CT molecular complexity index is 634. The number of benzene rings is 1. The molecule has 0 radical (unpaired) electrons. The second-order valence-electron chi connectivity index (χ2n) is 5.19. The number of aromatic nitrogens is 2. The highest BCUT2D eigenvalue weighted by Crippen LogP contribution is 2.26. The van der Waals surface area contributed by atoms with Crippen LogP contribution in [0.5, 0.6) is 0 Å². The summed E-state index contributed by atoms with van der Waals surface area (Å²) >= 11 is 3.40. The van der Waals surface area contributed by atoms with E-state index in [0.717, 1.165) is 36.7 Å². The van der Waals surface area contributed by atoms with Crippen LogP contribution in [-0.2, 0) is 13.0 Å². The van der Waals surface area contributed by atoms with E-state index in [4.69, 9.17) is 0 Å². The molecule has 0 fully saturated rings. The van der Waals surface area contributed by atoms with Gasteiger partial charge in [0.15, 0.2) is 4.73 Å². The lowest BCUT2D eigenvalue weighted by Gasteiger charge is -2.20. The van der Waals surface area contributed by atoms with Gasteiger partial charge in [0.2, 0.25) is 0 Å². The Morgan fingerprint density at radius 3 is 2.65 bits per heavy atom. The van der Waals surface area contributed by atoms with Gasteiger partial charge in [0.25, 0.3) is 0 Å². The smallest absolute Gasteiger partial charge is 0.198 e. The lowest BCUT2D eigenvalue weighted by atomic mass is 10.1. The van der Waals surface area contributed by atoms with Crippen LogP contribution in [0.3, 0.4) is 0 Å². The number of aryl methyl sites for hydroxylation is 2. The number of hydrogen-bond acceptors (Lipinski definition) is 4. The first-order valence-electron chi connectivity index (χ1n) is 6.73. The van der Waals surface area contributed by atoms with Crippen molar-refractivity contribution in [3.63, 3.8) is 0 Å². The second kappa shape index (κ2) is 5.50. The van der Waals surface area contributed by atoms with Crippen molar-refractivity contribution in [2.45, 2.75) is 26.8 Å². The van der Waals surface area contributed by atoms with E-state index in [1.54, 1.807) is 0 Å². The molecular formula is C15H17BrN4. The summed E-state index contributed by atoms with van der Waals surface area (Å²) in [5, 5.41) is 6.81. The van der Waals surface area contributed by atoms with Crippen LogP contribution in [0, 0.1) is 13.8 Å². The Hall–Kier alpha value is -1.46. The molecule has 4 nitrogen and oxygen atoms in total. The molecule has 3 rings (SSSR count). The quantitative estimate of drug-likeness (QED) is 0.829. The molecule has 1 aromatic heterocycles. The van der Waals surface area contributed by atoms with E-state index < -0.39 is 0 Å². The highest BCUT2D eigenvalue weighted by molar-refractivity contribution is 9.10. The van der Waals surface area contributed by atoms with Gasteiger partial charge in [0.1, 0.15) is 5.82 Å². The topological polar surface area (TPSA) is 49.8 Å². The normalized spacial score (nSPS) is 13.9. The summed E-state index contributed by atoms with van der Waals surface area (Å²) in [4.78, 5) is 8.97. The third-order valence-electron chi connectivity index (χ3n) is 3.39. The molecule has 0 aliphatic carbocycles. The molecular weight excluding hydrogens is 316 g/mol. The van der Waals surface area contributed by atoms with Gasteiger partial charge in [-0.15, -0.1) is 0 Å². The monoisotopic (exact) mass is 332 g/mol. The van der Waals surface area contributed by atoms with E-state index in [9.17, 15) is 0 Å². The summed E-state index contributed by atoms with van der Waals surface area (Å²) < 4.78 is 0.644. The maximum absolute atomic E-state index is 4.50. The van der Waals surface area contributed by atoms with Gasteiger partial charge in [0.05, 0.1) is 5.69 Å². The van der Waals surface area contributed by atoms with E-state index in [1.807, 2.05) is 0 Å². The molecule has 0 bridgehead atoms. The Labute approximate surface area is 127 Å². The van der Waals surface area contributed by atoms with Gasteiger partial charge in [-0.05, 0) is 53.0 Å². The predicted molar refractivity (Wildman–Crippen MR) is 84.3 cm³/mol. The number of fused-ring (bicyclic) bond motifs is 1. The van der Waals surface area contributed by atoms with Gasteiger partial charge in [-0.2, -0.15) is 0 Å². The Balaban J connectivity index is 1.99. The van der Waals surface area contributed by atoms with Crippen LogP contribution < -0.4 is 10.6 Å². The highest BCUT2D eigenvalue weighted by Gasteiger charge is 2.17. The number of nitrogens with one attached hydrogen (secondary N) is 2. The molecule has 1 aliphatic rings. The number of hydrogen-bond donors (Lipinski definition) is 2. The average Bonchev–Trinajstić information content (AvgIpc) is 2.37. The molecule has 104 valence electrons. The fourth-order valence-electron chi connectivity index (χ4n) is 2.60. The fourth-order valence-corrected chi connectivity index (χ4v) is 2.99. The minimum absolute atomic E-state index is 0.644.